The zero-order valence-electron chi connectivity index (χ0n) is 18.4. The topological polar surface area (TPSA) is 77.0 Å². The number of rotatable bonds is 7. The van der Waals surface area contributed by atoms with Crippen molar-refractivity contribution in [2.75, 3.05) is 52.4 Å². The van der Waals surface area contributed by atoms with Crippen molar-refractivity contribution in [2.24, 2.45) is 0 Å². The number of anilines is 1. The number of hydrogen-bond donors (Lipinski definition) is 0. The van der Waals surface area contributed by atoms with Crippen LogP contribution in [0.5, 0.6) is 17.2 Å². The second kappa shape index (κ2) is 9.86. The number of piperazine rings is 1. The maximum absolute atomic E-state index is 13.0. The Labute approximate surface area is 191 Å². The van der Waals surface area contributed by atoms with E-state index in [1.807, 2.05) is 29.2 Å². The molecular formula is C23H26N4O4S. The largest absolute Gasteiger partial charge is 0.497 e. The van der Waals surface area contributed by atoms with E-state index < -0.39 is 0 Å². The SMILES string of the molecule is COc1cccc(Cc2nsc(N3CCN(C(=O)c4ccc(OC)cc4OC)CC3)n2)c1. The van der Waals surface area contributed by atoms with Crippen molar-refractivity contribution in [3.8, 4) is 17.2 Å². The molecule has 2 aromatic carbocycles. The predicted octanol–water partition coefficient (Wildman–Crippen LogP) is 3.12. The van der Waals surface area contributed by atoms with E-state index in [4.69, 9.17) is 19.2 Å². The van der Waals surface area contributed by atoms with Crippen molar-refractivity contribution < 1.29 is 19.0 Å². The molecule has 168 valence electrons. The highest BCUT2D eigenvalue weighted by molar-refractivity contribution is 7.09. The van der Waals surface area contributed by atoms with E-state index in [0.717, 1.165) is 22.3 Å². The van der Waals surface area contributed by atoms with E-state index in [-0.39, 0.29) is 5.91 Å². The van der Waals surface area contributed by atoms with Crippen molar-refractivity contribution in [3.63, 3.8) is 0 Å². The van der Waals surface area contributed by atoms with E-state index >= 15 is 0 Å². The van der Waals surface area contributed by atoms with Crippen LogP contribution in [0.2, 0.25) is 0 Å². The number of hydrogen-bond acceptors (Lipinski definition) is 8. The molecule has 1 amide bonds. The smallest absolute Gasteiger partial charge is 0.257 e. The van der Waals surface area contributed by atoms with Crippen molar-refractivity contribution in [2.45, 2.75) is 6.42 Å². The lowest BCUT2D eigenvalue weighted by Crippen LogP contribution is -2.48. The van der Waals surface area contributed by atoms with E-state index in [9.17, 15) is 4.79 Å². The zero-order chi connectivity index (χ0) is 22.5. The highest BCUT2D eigenvalue weighted by Gasteiger charge is 2.26. The Kier molecular flexibility index (Phi) is 6.75. The van der Waals surface area contributed by atoms with Crippen LogP contribution in [0.4, 0.5) is 5.13 Å². The third kappa shape index (κ3) is 4.77. The third-order valence-corrected chi connectivity index (χ3v) is 6.25. The maximum atomic E-state index is 13.0. The molecule has 8 nitrogen and oxygen atoms in total. The first kappa shape index (κ1) is 21.9. The molecule has 0 N–H and O–H groups in total. The number of aromatic nitrogens is 2. The summed E-state index contributed by atoms with van der Waals surface area (Å²) in [5.74, 6) is 2.75. The Bertz CT molecular complexity index is 1080. The van der Waals surface area contributed by atoms with Gasteiger partial charge in [0.25, 0.3) is 5.91 Å². The van der Waals surface area contributed by atoms with Gasteiger partial charge in [0, 0.05) is 50.2 Å². The van der Waals surface area contributed by atoms with Gasteiger partial charge >= 0.3 is 0 Å². The fourth-order valence-electron chi connectivity index (χ4n) is 3.66. The van der Waals surface area contributed by atoms with Crippen LogP contribution in [0.3, 0.4) is 0 Å². The molecule has 32 heavy (non-hydrogen) atoms. The van der Waals surface area contributed by atoms with Gasteiger partial charge in [0.15, 0.2) is 0 Å². The van der Waals surface area contributed by atoms with Crippen molar-refractivity contribution in [3.05, 3.63) is 59.4 Å². The Hall–Kier alpha value is -3.33. The third-order valence-electron chi connectivity index (χ3n) is 5.43. The molecule has 1 saturated heterocycles. The van der Waals surface area contributed by atoms with Crippen LogP contribution >= 0.6 is 11.5 Å². The molecule has 0 atom stereocenters. The van der Waals surface area contributed by atoms with Crippen molar-refractivity contribution in [1.82, 2.24) is 14.3 Å². The minimum absolute atomic E-state index is 0.0415. The summed E-state index contributed by atoms with van der Waals surface area (Å²) < 4.78 is 20.4. The van der Waals surface area contributed by atoms with Gasteiger partial charge < -0.3 is 24.0 Å². The fraction of sp³-hybridized carbons (Fsp3) is 0.348. The number of nitrogens with zero attached hydrogens (tertiary/aromatic N) is 4. The number of methoxy groups -OCH3 is 3. The second-order valence-electron chi connectivity index (χ2n) is 7.37. The Morgan fingerprint density at radius 3 is 2.44 bits per heavy atom. The van der Waals surface area contributed by atoms with Gasteiger partial charge in [-0.05, 0) is 29.8 Å². The predicted molar refractivity (Wildman–Crippen MR) is 123 cm³/mol. The molecule has 4 rings (SSSR count). The summed E-state index contributed by atoms with van der Waals surface area (Å²) in [5, 5.41) is 0.886. The summed E-state index contributed by atoms with van der Waals surface area (Å²) in [6.45, 7) is 2.63. The van der Waals surface area contributed by atoms with E-state index in [1.165, 1.54) is 11.5 Å². The number of benzene rings is 2. The monoisotopic (exact) mass is 454 g/mol. The quantitative estimate of drug-likeness (QED) is 0.543. The molecule has 0 bridgehead atoms. The lowest BCUT2D eigenvalue weighted by atomic mass is 10.1. The maximum Gasteiger partial charge on any atom is 0.257 e. The normalized spacial score (nSPS) is 13.7. The molecule has 1 aliphatic heterocycles. The average molecular weight is 455 g/mol. The average Bonchev–Trinajstić information content (AvgIpc) is 3.31. The van der Waals surface area contributed by atoms with Crippen LogP contribution < -0.4 is 19.1 Å². The molecule has 0 spiro atoms. The van der Waals surface area contributed by atoms with Crippen LogP contribution in [0, 0.1) is 0 Å². The summed E-state index contributed by atoms with van der Waals surface area (Å²) >= 11 is 1.40. The Morgan fingerprint density at radius 1 is 0.969 bits per heavy atom. The van der Waals surface area contributed by atoms with Gasteiger partial charge in [0.1, 0.15) is 23.1 Å². The number of carbonyl (C=O) groups is 1. The van der Waals surface area contributed by atoms with E-state index in [0.29, 0.717) is 49.7 Å². The highest BCUT2D eigenvalue weighted by atomic mass is 32.1. The summed E-state index contributed by atoms with van der Waals surface area (Å²) in [6.07, 6.45) is 0.656. The first-order valence-corrected chi connectivity index (χ1v) is 11.1. The standard InChI is InChI=1S/C23H26N4O4S/c1-29-17-6-4-5-16(13-17)14-21-24-23(32-25-21)27-11-9-26(10-12-27)22(28)19-8-7-18(30-2)15-20(19)31-3/h4-8,13,15H,9-12,14H2,1-3H3. The summed E-state index contributed by atoms with van der Waals surface area (Å²) in [5.41, 5.74) is 1.65. The molecular weight excluding hydrogens is 428 g/mol. The Balaban J connectivity index is 1.37. The van der Waals surface area contributed by atoms with Crippen LogP contribution in [0.15, 0.2) is 42.5 Å². The molecule has 0 radical (unpaired) electrons. The molecule has 2 heterocycles. The lowest BCUT2D eigenvalue weighted by molar-refractivity contribution is 0.0743. The molecule has 1 aromatic heterocycles. The van der Waals surface area contributed by atoms with Gasteiger partial charge in [0.05, 0.1) is 26.9 Å². The van der Waals surface area contributed by atoms with E-state index in [2.05, 4.69) is 9.27 Å². The first-order valence-electron chi connectivity index (χ1n) is 10.3. The second-order valence-corrected chi connectivity index (χ2v) is 8.10. The molecule has 3 aromatic rings. The van der Waals surface area contributed by atoms with Crippen LogP contribution in [-0.2, 0) is 6.42 Å². The summed E-state index contributed by atoms with van der Waals surface area (Å²) in [7, 11) is 4.81. The van der Waals surface area contributed by atoms with Gasteiger partial charge in [0.2, 0.25) is 5.13 Å². The fourth-order valence-corrected chi connectivity index (χ4v) is 4.39. The Morgan fingerprint density at radius 2 is 1.72 bits per heavy atom. The molecule has 0 aliphatic carbocycles. The van der Waals surface area contributed by atoms with Crippen LogP contribution in [0.25, 0.3) is 0 Å². The van der Waals surface area contributed by atoms with Gasteiger partial charge in [-0.3, -0.25) is 4.79 Å². The lowest BCUT2D eigenvalue weighted by Gasteiger charge is -2.34. The number of ether oxygens (including phenoxy) is 3. The molecule has 9 heteroatoms. The van der Waals surface area contributed by atoms with Gasteiger partial charge in [-0.25, -0.2) is 4.98 Å². The molecule has 1 aliphatic rings. The minimum Gasteiger partial charge on any atom is -0.497 e. The van der Waals surface area contributed by atoms with Gasteiger partial charge in [-0.1, -0.05) is 12.1 Å². The highest BCUT2D eigenvalue weighted by Crippen LogP contribution is 2.27. The molecule has 0 unspecified atom stereocenters. The first-order chi connectivity index (χ1) is 15.6. The van der Waals surface area contributed by atoms with Crippen molar-refractivity contribution >= 4 is 22.6 Å². The molecule has 0 saturated carbocycles. The zero-order valence-corrected chi connectivity index (χ0v) is 19.2. The van der Waals surface area contributed by atoms with Gasteiger partial charge in [-0.15, -0.1) is 0 Å². The summed E-state index contributed by atoms with van der Waals surface area (Å²) in [4.78, 5) is 21.8. The summed E-state index contributed by atoms with van der Waals surface area (Å²) in [6, 6.07) is 13.2. The van der Waals surface area contributed by atoms with Gasteiger partial charge in [-0.2, -0.15) is 4.37 Å². The number of amides is 1. The van der Waals surface area contributed by atoms with Crippen molar-refractivity contribution in [1.29, 1.82) is 0 Å². The van der Waals surface area contributed by atoms with Crippen LogP contribution in [-0.4, -0.2) is 67.7 Å². The van der Waals surface area contributed by atoms with Crippen LogP contribution in [0.1, 0.15) is 21.7 Å². The number of carbonyl (C=O) groups excluding carboxylic acids is 1. The molecule has 1 fully saturated rings. The van der Waals surface area contributed by atoms with E-state index in [1.54, 1.807) is 39.5 Å². The minimum atomic E-state index is -0.0415.